The van der Waals surface area contributed by atoms with E-state index >= 15 is 0 Å². The van der Waals surface area contributed by atoms with Gasteiger partial charge in [-0.15, -0.1) is 0 Å². The lowest BCUT2D eigenvalue weighted by atomic mass is 9.97. The number of nitrogens with one attached hydrogen (secondary N) is 1. The molecule has 2 saturated heterocycles. The van der Waals surface area contributed by atoms with Crippen molar-refractivity contribution in [2.75, 3.05) is 19.8 Å². The Hall–Kier alpha value is -2.31. The summed E-state index contributed by atoms with van der Waals surface area (Å²) in [6.45, 7) is 2.79. The largest absolute Gasteiger partial charge is 0.394 e. The van der Waals surface area contributed by atoms with Crippen molar-refractivity contribution >= 4 is 5.91 Å². The monoisotopic (exact) mass is 1250 g/mol. The molecule has 0 aliphatic carbocycles. The van der Waals surface area contributed by atoms with Gasteiger partial charge in [0.15, 0.2) is 12.6 Å². The Labute approximate surface area is 536 Å². The predicted molar refractivity (Wildman–Crippen MR) is 360 cm³/mol. The quantitative estimate of drug-likeness (QED) is 0.0204. The van der Waals surface area contributed by atoms with Crippen LogP contribution in [0.25, 0.3) is 0 Å². The molecule has 0 saturated carbocycles. The third-order valence-electron chi connectivity index (χ3n) is 17.7. The van der Waals surface area contributed by atoms with Crippen LogP contribution < -0.4 is 5.32 Å². The summed E-state index contributed by atoms with van der Waals surface area (Å²) >= 11 is 0. The van der Waals surface area contributed by atoms with Gasteiger partial charge in [-0.05, 0) is 57.8 Å². The van der Waals surface area contributed by atoms with Crippen LogP contribution in [0.3, 0.4) is 0 Å². The number of aliphatic hydroxyl groups is 8. The highest BCUT2D eigenvalue weighted by Crippen LogP contribution is 2.30. The maximum absolute atomic E-state index is 13.4. The molecule has 514 valence electrons. The molecule has 0 spiro atoms. The molecule has 2 fully saturated rings. The molecule has 1 amide bonds. The third-order valence-corrected chi connectivity index (χ3v) is 17.7. The lowest BCUT2D eigenvalue weighted by Gasteiger charge is -2.46. The van der Waals surface area contributed by atoms with E-state index in [1.165, 1.54) is 193 Å². The van der Waals surface area contributed by atoms with E-state index in [2.05, 4.69) is 79.9 Å². The average molecular weight is 1250 g/mol. The van der Waals surface area contributed by atoms with E-state index in [1.807, 2.05) is 0 Å². The van der Waals surface area contributed by atoms with Crippen molar-refractivity contribution in [1.29, 1.82) is 0 Å². The first kappa shape index (κ1) is 81.8. The summed E-state index contributed by atoms with van der Waals surface area (Å²) in [4.78, 5) is 13.4. The van der Waals surface area contributed by atoms with Gasteiger partial charge in [0.25, 0.3) is 0 Å². The molecule has 14 nitrogen and oxygen atoms in total. The van der Waals surface area contributed by atoms with E-state index in [4.69, 9.17) is 18.9 Å². The number of amides is 1. The fraction of sp³-hybridized carbons (Fsp3) is 0.851. The van der Waals surface area contributed by atoms with E-state index in [-0.39, 0.29) is 12.5 Å². The molecule has 0 aromatic rings. The highest BCUT2D eigenvalue weighted by Gasteiger charge is 2.51. The number of carbonyl (C=O) groups excluding carboxylic acids is 1. The Kier molecular flexibility index (Phi) is 54.4. The van der Waals surface area contributed by atoms with Crippen molar-refractivity contribution < 1.29 is 64.6 Å². The van der Waals surface area contributed by atoms with Crippen molar-refractivity contribution in [3.8, 4) is 0 Å². The van der Waals surface area contributed by atoms with E-state index < -0.39 is 86.8 Å². The summed E-state index contributed by atoms with van der Waals surface area (Å²) in [7, 11) is 0. The maximum Gasteiger partial charge on any atom is 0.220 e. The predicted octanol–water partition coefficient (Wildman–Crippen LogP) is 15.2. The topological polar surface area (TPSA) is 228 Å². The first-order valence-corrected chi connectivity index (χ1v) is 36.5. The molecule has 12 unspecified atom stereocenters. The summed E-state index contributed by atoms with van der Waals surface area (Å²) in [5, 5.41) is 87.7. The zero-order chi connectivity index (χ0) is 63.8. The molecule has 9 N–H and O–H groups in total. The SMILES string of the molecule is CC/C=C\C/C=C\C/C=C\C/C=C\C/C=C\CCCCCCCCCCCCCC(=O)NC(COC1OC(CO)C(OC2OC(CO)C(O)C(O)C2O)C(O)C1O)C(O)CCCCCCCCCCCCCCCCCCCCCCCCCCCCC. The molecule has 0 aromatic carbocycles. The summed E-state index contributed by atoms with van der Waals surface area (Å²) in [5.74, 6) is -0.208. The summed E-state index contributed by atoms with van der Waals surface area (Å²) < 4.78 is 22.9. The fourth-order valence-electron chi connectivity index (χ4n) is 12.0. The minimum Gasteiger partial charge on any atom is -0.394 e. The molecule has 2 rings (SSSR count). The van der Waals surface area contributed by atoms with E-state index in [0.717, 1.165) is 89.9 Å². The van der Waals surface area contributed by atoms with Crippen LogP contribution in [0.4, 0.5) is 0 Å². The van der Waals surface area contributed by atoms with Gasteiger partial charge in [-0.25, -0.2) is 0 Å². The minimum absolute atomic E-state index is 0.208. The highest BCUT2D eigenvalue weighted by molar-refractivity contribution is 5.76. The highest BCUT2D eigenvalue weighted by atomic mass is 16.7. The molecule has 0 bridgehead atoms. The van der Waals surface area contributed by atoms with E-state index in [9.17, 15) is 45.6 Å². The van der Waals surface area contributed by atoms with E-state index in [1.54, 1.807) is 0 Å². The Balaban J connectivity index is 1.66. The minimum atomic E-state index is -1.79. The number of hydrogen-bond donors (Lipinski definition) is 9. The van der Waals surface area contributed by atoms with Gasteiger partial charge in [0.2, 0.25) is 5.91 Å². The molecule has 14 heteroatoms. The first-order valence-electron chi connectivity index (χ1n) is 36.5. The van der Waals surface area contributed by atoms with Crippen LogP contribution in [-0.4, -0.2) is 140 Å². The van der Waals surface area contributed by atoms with Gasteiger partial charge in [-0.2, -0.15) is 0 Å². The van der Waals surface area contributed by atoms with Gasteiger partial charge in [0, 0.05) is 6.42 Å². The molecular weight excluding hydrogens is 1110 g/mol. The fourth-order valence-corrected chi connectivity index (χ4v) is 12.0. The molecule has 0 radical (unpaired) electrons. The maximum atomic E-state index is 13.4. The number of hydrogen-bond acceptors (Lipinski definition) is 13. The number of aliphatic hydroxyl groups excluding tert-OH is 8. The van der Waals surface area contributed by atoms with Gasteiger partial charge in [-0.3, -0.25) is 4.79 Å². The lowest BCUT2D eigenvalue weighted by Crippen LogP contribution is -2.65. The second kappa shape index (κ2) is 58.5. The van der Waals surface area contributed by atoms with Crippen molar-refractivity contribution in [1.82, 2.24) is 5.32 Å². The second-order valence-corrected chi connectivity index (χ2v) is 25.7. The Morgan fingerprint density at radius 2 is 0.784 bits per heavy atom. The summed E-state index contributed by atoms with van der Waals surface area (Å²) in [5.41, 5.74) is 0. The number of ether oxygens (including phenoxy) is 4. The van der Waals surface area contributed by atoms with Crippen LogP contribution in [0.1, 0.15) is 309 Å². The Morgan fingerprint density at radius 3 is 1.20 bits per heavy atom. The second-order valence-electron chi connectivity index (χ2n) is 25.7. The van der Waals surface area contributed by atoms with E-state index in [0.29, 0.717) is 12.8 Å². The van der Waals surface area contributed by atoms with Crippen LogP contribution in [0.5, 0.6) is 0 Å². The zero-order valence-corrected chi connectivity index (χ0v) is 56.0. The van der Waals surface area contributed by atoms with Crippen LogP contribution in [0, 0.1) is 0 Å². The number of unbranched alkanes of at least 4 members (excludes halogenated alkanes) is 37. The van der Waals surface area contributed by atoms with Crippen LogP contribution in [-0.2, 0) is 23.7 Å². The van der Waals surface area contributed by atoms with Gasteiger partial charge in [-0.1, -0.05) is 306 Å². The molecular formula is C74H135NO13. The number of allylic oxidation sites excluding steroid dienone is 10. The first-order chi connectivity index (χ1) is 43.1. The Bertz CT molecular complexity index is 1710. The van der Waals surface area contributed by atoms with Gasteiger partial charge < -0.3 is 65.1 Å². The number of carbonyl (C=O) groups is 1. The van der Waals surface area contributed by atoms with Crippen molar-refractivity contribution in [3.05, 3.63) is 60.8 Å². The van der Waals surface area contributed by atoms with Crippen molar-refractivity contribution in [2.45, 2.75) is 383 Å². The van der Waals surface area contributed by atoms with Crippen molar-refractivity contribution in [3.63, 3.8) is 0 Å². The van der Waals surface area contributed by atoms with Gasteiger partial charge in [0.05, 0.1) is 32.0 Å². The molecule has 0 aromatic heterocycles. The van der Waals surface area contributed by atoms with Crippen LogP contribution in [0.2, 0.25) is 0 Å². The van der Waals surface area contributed by atoms with Gasteiger partial charge >= 0.3 is 0 Å². The molecule has 88 heavy (non-hydrogen) atoms. The standard InChI is InChI=1S/C74H135NO13/c1-3-5-7-9-11-13-15-17-19-21-23-25-27-29-31-33-35-37-39-41-43-45-47-49-51-53-55-57-63(78)62(61-85-73-71(84)69(82)72(65(60-77)87-73)88-74-70(83)68(81)67(80)64(59-76)86-74)75-66(79)58-56-54-52-50-48-46-44-42-40-38-36-34-32-30-28-26-24-22-20-18-16-14-12-10-8-6-4-2/h6,8,12,14,18,20,24,26,30,32,62-65,67-74,76-78,80-84H,3-5,7,9-11,13,15-17,19,21-23,25,27-29,31,33-61H2,1-2H3,(H,75,79)/b8-6-,14-12-,20-18-,26-24-,32-30-. The molecule has 2 aliphatic rings. The zero-order valence-electron chi connectivity index (χ0n) is 56.0. The normalized spacial score (nSPS) is 23.5. The smallest absolute Gasteiger partial charge is 0.220 e. The summed E-state index contributed by atoms with van der Waals surface area (Å²) in [6.07, 6.45) is 60.9. The lowest BCUT2D eigenvalue weighted by molar-refractivity contribution is -0.359. The van der Waals surface area contributed by atoms with Gasteiger partial charge in [0.1, 0.15) is 48.8 Å². The number of rotatable bonds is 60. The Morgan fingerprint density at radius 1 is 0.420 bits per heavy atom. The van der Waals surface area contributed by atoms with Crippen LogP contribution in [0.15, 0.2) is 60.8 Å². The van der Waals surface area contributed by atoms with Crippen molar-refractivity contribution in [2.24, 2.45) is 0 Å². The molecule has 2 heterocycles. The third kappa shape index (κ3) is 42.0. The summed E-state index contributed by atoms with van der Waals surface area (Å²) in [6, 6.07) is -0.835. The average Bonchev–Trinajstić information content (AvgIpc) is 1.93. The molecule has 12 atom stereocenters. The van der Waals surface area contributed by atoms with Crippen LogP contribution >= 0.6 is 0 Å². The molecule has 2 aliphatic heterocycles.